The van der Waals surface area contributed by atoms with E-state index in [4.69, 9.17) is 0 Å². The predicted molar refractivity (Wildman–Crippen MR) is 107 cm³/mol. The molecule has 0 heterocycles. The molecule has 0 radical (unpaired) electrons. The van der Waals surface area contributed by atoms with Crippen molar-refractivity contribution in [2.75, 3.05) is 10.7 Å². The smallest absolute Gasteiger partial charge is 0.478 e. The molecule has 1 N–H and O–H groups in total. The van der Waals surface area contributed by atoms with Gasteiger partial charge in [-0.1, -0.05) is 6.92 Å². The molecule has 0 unspecified atom stereocenters. The van der Waals surface area contributed by atoms with Gasteiger partial charge in [0.05, 0.1) is 33.0 Å². The first-order chi connectivity index (χ1) is 15.9. The van der Waals surface area contributed by atoms with Gasteiger partial charge >= 0.3 is 18.5 Å². The molecule has 2 rings (SSSR count). The number of hydrogen-bond donors (Lipinski definition) is 1. The van der Waals surface area contributed by atoms with Crippen LogP contribution in [-0.4, -0.2) is 43.4 Å². The van der Waals surface area contributed by atoms with Gasteiger partial charge in [0.1, 0.15) is 5.75 Å². The Hall–Kier alpha value is -3.62. The lowest BCUT2D eigenvalue weighted by Crippen LogP contribution is -2.37. The third kappa shape index (κ3) is 6.29. The number of nitrogens with zero attached hydrogens (tertiary/aromatic N) is 1. The molecule has 0 aromatic heterocycles. The first-order valence-electron chi connectivity index (χ1n) is 9.31. The van der Waals surface area contributed by atoms with Gasteiger partial charge < -0.3 is 9.84 Å². The van der Waals surface area contributed by atoms with Gasteiger partial charge in [0.25, 0.3) is 5.91 Å². The summed E-state index contributed by atoms with van der Waals surface area (Å²) in [6, 6.07) is 2.67. The first kappa shape index (κ1) is 27.6. The topological polar surface area (TPSA) is 118 Å². The van der Waals surface area contributed by atoms with E-state index in [0.717, 1.165) is 13.8 Å². The molecule has 2 aromatic carbocycles. The van der Waals surface area contributed by atoms with Crippen molar-refractivity contribution in [1.29, 1.82) is 0 Å². The maximum absolute atomic E-state index is 13.2. The van der Waals surface area contributed by atoms with Crippen LogP contribution in [0.1, 0.15) is 40.1 Å². The Morgan fingerprint density at radius 3 is 2.03 bits per heavy atom. The zero-order chi connectivity index (χ0) is 26.9. The summed E-state index contributed by atoms with van der Waals surface area (Å²) in [5, 5.41) is 9.41. The molecule has 2 aromatic rings. The summed E-state index contributed by atoms with van der Waals surface area (Å²) in [5.74, 6) is -6.34. The van der Waals surface area contributed by atoms with Crippen LogP contribution in [0.5, 0.6) is 5.75 Å². The number of anilines is 1. The number of halogens is 6. The SMILES string of the molecule is CCS(=O)(=O)c1cc(C(F)(F)F)ccc1C(=O)N(C(C)=O)c1ccc(OC(F)(F)F)cc1C(=O)O. The predicted octanol–water partition coefficient (Wildman–Crippen LogP) is 4.29. The average molecular weight is 527 g/mol. The third-order valence-corrected chi connectivity index (χ3v) is 6.21. The molecule has 8 nitrogen and oxygen atoms in total. The Kier molecular flexibility index (Phi) is 7.54. The molecule has 190 valence electrons. The monoisotopic (exact) mass is 527 g/mol. The Morgan fingerprint density at radius 2 is 1.57 bits per heavy atom. The molecule has 0 aliphatic rings. The van der Waals surface area contributed by atoms with Crippen molar-refractivity contribution in [2.24, 2.45) is 0 Å². The molecule has 0 fully saturated rings. The number of carboxylic acids is 1. The molecule has 0 aliphatic heterocycles. The summed E-state index contributed by atoms with van der Waals surface area (Å²) in [6.45, 7) is 1.84. The average Bonchev–Trinajstić information content (AvgIpc) is 2.72. The van der Waals surface area contributed by atoms with Gasteiger partial charge in [0, 0.05) is 6.92 Å². The van der Waals surface area contributed by atoms with Crippen molar-refractivity contribution >= 4 is 33.3 Å². The van der Waals surface area contributed by atoms with E-state index in [0.29, 0.717) is 30.3 Å². The van der Waals surface area contributed by atoms with Crippen molar-refractivity contribution in [3.05, 3.63) is 53.1 Å². The first-order valence-corrected chi connectivity index (χ1v) is 11.0. The number of aromatic carboxylic acids is 1. The minimum atomic E-state index is -5.20. The number of hydrogen-bond acceptors (Lipinski definition) is 6. The fourth-order valence-electron chi connectivity index (χ4n) is 2.91. The fourth-order valence-corrected chi connectivity index (χ4v) is 4.02. The number of benzene rings is 2. The fraction of sp³-hybridized carbons (Fsp3) is 0.250. The molecule has 2 amide bonds. The highest BCUT2D eigenvalue weighted by Crippen LogP contribution is 2.34. The zero-order valence-electron chi connectivity index (χ0n) is 17.7. The number of carboxylic acid groups (broad SMARTS) is 1. The third-order valence-electron chi connectivity index (χ3n) is 4.45. The van der Waals surface area contributed by atoms with E-state index in [1.54, 1.807) is 0 Å². The second kappa shape index (κ2) is 9.56. The summed E-state index contributed by atoms with van der Waals surface area (Å²) in [5.41, 5.74) is -4.08. The van der Waals surface area contributed by atoms with Crippen LogP contribution in [0.15, 0.2) is 41.3 Å². The van der Waals surface area contributed by atoms with Crippen LogP contribution in [0.2, 0.25) is 0 Å². The molecule has 0 aliphatic carbocycles. The number of ether oxygens (including phenoxy) is 1. The molecule has 15 heteroatoms. The van der Waals surface area contributed by atoms with Gasteiger partial charge in [-0.05, 0) is 36.4 Å². The molecular formula is C20H15F6NO7S. The minimum Gasteiger partial charge on any atom is -0.478 e. The maximum atomic E-state index is 13.2. The van der Waals surface area contributed by atoms with Crippen molar-refractivity contribution in [1.82, 2.24) is 0 Å². The summed E-state index contributed by atoms with van der Waals surface area (Å²) in [4.78, 5) is 36.2. The molecule has 0 saturated carbocycles. The van der Waals surface area contributed by atoms with Crippen molar-refractivity contribution < 1.29 is 59.0 Å². The highest BCUT2D eigenvalue weighted by Gasteiger charge is 2.36. The minimum absolute atomic E-state index is 0.123. The van der Waals surface area contributed by atoms with Crippen LogP contribution in [0.3, 0.4) is 0 Å². The zero-order valence-corrected chi connectivity index (χ0v) is 18.5. The van der Waals surface area contributed by atoms with Crippen LogP contribution in [-0.2, 0) is 20.8 Å². The summed E-state index contributed by atoms with van der Waals surface area (Å²) in [6.07, 6.45) is -10.2. The summed E-state index contributed by atoms with van der Waals surface area (Å²) in [7, 11) is -4.47. The summed E-state index contributed by atoms with van der Waals surface area (Å²) < 4.78 is 105. The normalized spacial score (nSPS) is 12.2. The number of imide groups is 1. The van der Waals surface area contributed by atoms with Crippen molar-refractivity contribution in [3.8, 4) is 5.75 Å². The van der Waals surface area contributed by atoms with Gasteiger partial charge in [0.15, 0.2) is 9.84 Å². The van der Waals surface area contributed by atoms with Crippen LogP contribution >= 0.6 is 0 Å². The number of amides is 2. The van der Waals surface area contributed by atoms with Gasteiger partial charge in [-0.25, -0.2) is 18.1 Å². The Bertz CT molecular complexity index is 1290. The molecule has 0 bridgehead atoms. The van der Waals surface area contributed by atoms with Crippen LogP contribution in [0.25, 0.3) is 0 Å². The van der Waals surface area contributed by atoms with Crippen LogP contribution in [0, 0.1) is 0 Å². The molecule has 35 heavy (non-hydrogen) atoms. The number of carbonyl (C=O) groups is 3. The number of carbonyl (C=O) groups excluding carboxylic acids is 2. The van der Waals surface area contributed by atoms with Gasteiger partial charge in [0.2, 0.25) is 5.91 Å². The Balaban J connectivity index is 2.76. The second-order valence-corrected chi connectivity index (χ2v) is 9.05. The van der Waals surface area contributed by atoms with E-state index in [2.05, 4.69) is 4.74 Å². The molecular weight excluding hydrogens is 512 g/mol. The van der Waals surface area contributed by atoms with Crippen LogP contribution in [0.4, 0.5) is 32.0 Å². The molecule has 0 spiro atoms. The van der Waals surface area contributed by atoms with Gasteiger partial charge in [-0.3, -0.25) is 9.59 Å². The van der Waals surface area contributed by atoms with Crippen LogP contribution < -0.4 is 9.64 Å². The lowest BCUT2D eigenvalue weighted by molar-refractivity contribution is -0.274. The number of alkyl halides is 6. The van der Waals surface area contributed by atoms with E-state index in [1.807, 2.05) is 0 Å². The van der Waals surface area contributed by atoms with E-state index < -0.39 is 78.9 Å². The largest absolute Gasteiger partial charge is 0.573 e. The standard InChI is InChI=1S/C20H15F6NO7S/c1-3-35(32,33)16-8-11(19(21,22)23)4-6-13(16)17(29)27(10(2)28)15-7-5-12(34-20(24,25)26)9-14(15)18(30)31/h4-9H,3H2,1-2H3,(H,30,31). The van der Waals surface area contributed by atoms with E-state index in [9.17, 15) is 54.3 Å². The number of sulfone groups is 1. The molecule has 0 saturated heterocycles. The van der Waals surface area contributed by atoms with Gasteiger partial charge in [-0.2, -0.15) is 13.2 Å². The van der Waals surface area contributed by atoms with E-state index in [-0.39, 0.29) is 11.0 Å². The van der Waals surface area contributed by atoms with E-state index in [1.165, 1.54) is 0 Å². The summed E-state index contributed by atoms with van der Waals surface area (Å²) >= 11 is 0. The maximum Gasteiger partial charge on any atom is 0.573 e. The van der Waals surface area contributed by atoms with Gasteiger partial charge in [-0.15, -0.1) is 13.2 Å². The molecule has 0 atom stereocenters. The quantitative estimate of drug-likeness (QED) is 0.557. The van der Waals surface area contributed by atoms with Crippen molar-refractivity contribution in [2.45, 2.75) is 31.3 Å². The second-order valence-electron chi connectivity index (χ2n) is 6.80. The highest BCUT2D eigenvalue weighted by atomic mass is 32.2. The van der Waals surface area contributed by atoms with E-state index >= 15 is 0 Å². The Labute approximate surface area is 193 Å². The Morgan fingerprint density at radius 1 is 0.971 bits per heavy atom. The number of rotatable bonds is 6. The lowest BCUT2D eigenvalue weighted by Gasteiger charge is -2.23. The van der Waals surface area contributed by atoms with Crippen molar-refractivity contribution in [3.63, 3.8) is 0 Å². The lowest BCUT2D eigenvalue weighted by atomic mass is 10.1. The highest BCUT2D eigenvalue weighted by molar-refractivity contribution is 7.91.